The molecule has 80 valence electrons. The Labute approximate surface area is 92.5 Å². The van der Waals surface area contributed by atoms with E-state index >= 15 is 0 Å². The fraction of sp³-hybridized carbons (Fsp3) is 0.385. The molecule has 1 rings (SSSR count). The van der Waals surface area contributed by atoms with Gasteiger partial charge in [0.1, 0.15) is 0 Å². The molecular weight excluding hydrogens is 184 g/mol. The second-order valence-corrected chi connectivity index (χ2v) is 3.94. The van der Waals surface area contributed by atoms with Gasteiger partial charge in [0.2, 0.25) is 0 Å². The van der Waals surface area contributed by atoms with E-state index in [0.717, 1.165) is 6.54 Å². The maximum absolute atomic E-state index is 5.25. The van der Waals surface area contributed by atoms with E-state index in [4.69, 9.17) is 6.42 Å². The van der Waals surface area contributed by atoms with E-state index in [1.807, 2.05) is 21.1 Å². The highest BCUT2D eigenvalue weighted by molar-refractivity contribution is 5.45. The van der Waals surface area contributed by atoms with Gasteiger partial charge in [0.05, 0.1) is 6.54 Å². The molecule has 0 saturated heterocycles. The van der Waals surface area contributed by atoms with Crippen molar-refractivity contribution in [3.8, 4) is 12.3 Å². The van der Waals surface area contributed by atoms with Crippen LogP contribution in [0.4, 0.5) is 5.69 Å². The number of hydrogen-bond acceptors (Lipinski definition) is 2. The Balaban J connectivity index is 2.61. The zero-order valence-corrected chi connectivity index (χ0v) is 9.70. The molecule has 1 aromatic rings. The Hall–Kier alpha value is -1.46. The van der Waals surface area contributed by atoms with E-state index in [-0.39, 0.29) is 0 Å². The summed E-state index contributed by atoms with van der Waals surface area (Å²) in [5, 5.41) is 0. The third-order valence-corrected chi connectivity index (χ3v) is 2.27. The lowest BCUT2D eigenvalue weighted by molar-refractivity contribution is 0.369. The minimum Gasteiger partial charge on any atom is -0.378 e. The first-order valence-electron chi connectivity index (χ1n) is 5.01. The van der Waals surface area contributed by atoms with Gasteiger partial charge in [0, 0.05) is 26.3 Å². The lowest BCUT2D eigenvalue weighted by atomic mass is 10.2. The first kappa shape index (κ1) is 11.6. The zero-order chi connectivity index (χ0) is 11.3. The highest BCUT2D eigenvalue weighted by atomic mass is 15.1. The minimum absolute atomic E-state index is 0.690. The first-order chi connectivity index (χ1) is 7.13. The Morgan fingerprint density at radius 3 is 2.20 bits per heavy atom. The van der Waals surface area contributed by atoms with Gasteiger partial charge in [-0.1, -0.05) is 18.1 Å². The molecule has 0 aliphatic carbocycles. The monoisotopic (exact) mass is 202 g/mol. The number of terminal acetylenes is 1. The summed E-state index contributed by atoms with van der Waals surface area (Å²) in [5.41, 5.74) is 2.51. The zero-order valence-electron chi connectivity index (χ0n) is 9.70. The molecule has 2 nitrogen and oxygen atoms in total. The second kappa shape index (κ2) is 5.43. The minimum atomic E-state index is 0.690. The highest BCUT2D eigenvalue weighted by Gasteiger charge is 1.99. The summed E-state index contributed by atoms with van der Waals surface area (Å²) in [5.74, 6) is 2.64. The average Bonchev–Trinajstić information content (AvgIpc) is 2.18. The second-order valence-electron chi connectivity index (χ2n) is 3.94. The molecule has 0 heterocycles. The molecule has 0 aliphatic heterocycles. The SMILES string of the molecule is C#CCN(C)Cc1ccc(N(C)C)cc1. The molecule has 0 aliphatic rings. The van der Waals surface area contributed by atoms with Gasteiger partial charge >= 0.3 is 0 Å². The van der Waals surface area contributed by atoms with E-state index < -0.39 is 0 Å². The van der Waals surface area contributed by atoms with Gasteiger partial charge < -0.3 is 4.90 Å². The molecule has 1 aromatic carbocycles. The molecule has 0 aromatic heterocycles. The molecule has 0 atom stereocenters. The van der Waals surface area contributed by atoms with Crippen LogP contribution in [0.3, 0.4) is 0 Å². The first-order valence-corrected chi connectivity index (χ1v) is 5.01. The van der Waals surface area contributed by atoms with Crippen LogP contribution in [0, 0.1) is 12.3 Å². The van der Waals surface area contributed by atoms with Crippen molar-refractivity contribution in [1.82, 2.24) is 4.90 Å². The van der Waals surface area contributed by atoms with E-state index in [1.54, 1.807) is 0 Å². The summed E-state index contributed by atoms with van der Waals surface area (Å²) in [4.78, 5) is 4.21. The molecule has 0 N–H and O–H groups in total. The van der Waals surface area contributed by atoms with Crippen LogP contribution in [0.2, 0.25) is 0 Å². The molecule has 0 unspecified atom stereocenters. The van der Waals surface area contributed by atoms with Gasteiger partial charge in [-0.15, -0.1) is 6.42 Å². The van der Waals surface area contributed by atoms with E-state index in [0.29, 0.717) is 6.54 Å². The van der Waals surface area contributed by atoms with Gasteiger partial charge in [-0.05, 0) is 24.7 Å². The van der Waals surface area contributed by atoms with Crippen LogP contribution in [-0.4, -0.2) is 32.6 Å². The molecular formula is C13H18N2. The molecule has 15 heavy (non-hydrogen) atoms. The average molecular weight is 202 g/mol. The normalized spacial score (nSPS) is 10.1. The fourth-order valence-electron chi connectivity index (χ4n) is 1.42. The van der Waals surface area contributed by atoms with E-state index in [2.05, 4.69) is 40.0 Å². The molecule has 0 radical (unpaired) electrons. The van der Waals surface area contributed by atoms with Crippen molar-refractivity contribution in [2.24, 2.45) is 0 Å². The molecule has 0 amide bonds. The number of hydrogen-bond donors (Lipinski definition) is 0. The number of rotatable bonds is 4. The summed E-state index contributed by atoms with van der Waals surface area (Å²) >= 11 is 0. The molecule has 0 fully saturated rings. The Morgan fingerprint density at radius 1 is 1.13 bits per heavy atom. The van der Waals surface area contributed by atoms with Crippen LogP contribution in [-0.2, 0) is 6.54 Å². The van der Waals surface area contributed by atoms with Crippen LogP contribution in [0.25, 0.3) is 0 Å². The van der Waals surface area contributed by atoms with Crippen molar-refractivity contribution < 1.29 is 0 Å². The fourth-order valence-corrected chi connectivity index (χ4v) is 1.42. The van der Waals surface area contributed by atoms with Crippen LogP contribution in [0.1, 0.15) is 5.56 Å². The van der Waals surface area contributed by atoms with Crippen molar-refractivity contribution in [1.29, 1.82) is 0 Å². The van der Waals surface area contributed by atoms with Crippen molar-refractivity contribution in [3.63, 3.8) is 0 Å². The van der Waals surface area contributed by atoms with Crippen molar-refractivity contribution in [2.45, 2.75) is 6.54 Å². The lowest BCUT2D eigenvalue weighted by Crippen LogP contribution is -2.17. The predicted molar refractivity (Wildman–Crippen MR) is 65.9 cm³/mol. The van der Waals surface area contributed by atoms with Crippen molar-refractivity contribution in [3.05, 3.63) is 29.8 Å². The Kier molecular flexibility index (Phi) is 4.20. The van der Waals surface area contributed by atoms with Crippen LogP contribution >= 0.6 is 0 Å². The summed E-state index contributed by atoms with van der Waals surface area (Å²) in [6.07, 6.45) is 5.25. The van der Waals surface area contributed by atoms with E-state index in [1.165, 1.54) is 11.3 Å². The lowest BCUT2D eigenvalue weighted by Gasteiger charge is -2.15. The van der Waals surface area contributed by atoms with Gasteiger partial charge in [-0.25, -0.2) is 0 Å². The third kappa shape index (κ3) is 3.65. The third-order valence-electron chi connectivity index (χ3n) is 2.27. The van der Waals surface area contributed by atoms with Gasteiger partial charge in [-0.3, -0.25) is 4.90 Å². The Morgan fingerprint density at radius 2 is 1.73 bits per heavy atom. The predicted octanol–water partition coefficient (Wildman–Crippen LogP) is 1.82. The largest absolute Gasteiger partial charge is 0.378 e. The number of nitrogens with zero attached hydrogens (tertiary/aromatic N) is 2. The van der Waals surface area contributed by atoms with Crippen molar-refractivity contribution >= 4 is 5.69 Å². The molecule has 2 heteroatoms. The number of anilines is 1. The summed E-state index contributed by atoms with van der Waals surface area (Å²) in [7, 11) is 6.11. The quantitative estimate of drug-likeness (QED) is 0.687. The standard InChI is InChI=1S/C13H18N2/c1-5-10-15(4)11-12-6-8-13(9-7-12)14(2)3/h1,6-9H,10-11H2,2-4H3. The smallest absolute Gasteiger partial charge is 0.0599 e. The maximum atomic E-state index is 5.25. The van der Waals surface area contributed by atoms with Gasteiger partial charge in [-0.2, -0.15) is 0 Å². The van der Waals surface area contributed by atoms with Gasteiger partial charge in [0.15, 0.2) is 0 Å². The van der Waals surface area contributed by atoms with E-state index in [9.17, 15) is 0 Å². The van der Waals surface area contributed by atoms with Crippen LogP contribution < -0.4 is 4.90 Å². The maximum Gasteiger partial charge on any atom is 0.0599 e. The Bertz CT molecular complexity index is 333. The summed E-state index contributed by atoms with van der Waals surface area (Å²) in [6.45, 7) is 1.59. The van der Waals surface area contributed by atoms with Crippen LogP contribution in [0.5, 0.6) is 0 Å². The molecule has 0 saturated carbocycles. The van der Waals surface area contributed by atoms with Gasteiger partial charge in [0.25, 0.3) is 0 Å². The number of benzene rings is 1. The highest BCUT2D eigenvalue weighted by Crippen LogP contribution is 2.13. The molecule has 0 spiro atoms. The molecule has 0 bridgehead atoms. The topological polar surface area (TPSA) is 6.48 Å². The van der Waals surface area contributed by atoms with Crippen LogP contribution in [0.15, 0.2) is 24.3 Å². The summed E-state index contributed by atoms with van der Waals surface area (Å²) in [6, 6.07) is 8.53. The summed E-state index contributed by atoms with van der Waals surface area (Å²) < 4.78 is 0. The van der Waals surface area contributed by atoms with Crippen molar-refractivity contribution in [2.75, 3.05) is 32.6 Å².